The van der Waals surface area contributed by atoms with Crippen molar-refractivity contribution >= 4 is 17.9 Å². The van der Waals surface area contributed by atoms with E-state index in [2.05, 4.69) is 0 Å². The van der Waals surface area contributed by atoms with Gasteiger partial charge in [-0.05, 0) is 25.0 Å². The zero-order chi connectivity index (χ0) is 13.9. The van der Waals surface area contributed by atoms with Gasteiger partial charge in [0.15, 0.2) is 11.5 Å². The van der Waals surface area contributed by atoms with E-state index < -0.39 is 5.60 Å². The van der Waals surface area contributed by atoms with Crippen LogP contribution < -0.4 is 9.47 Å². The van der Waals surface area contributed by atoms with E-state index in [0.29, 0.717) is 28.4 Å². The Kier molecular flexibility index (Phi) is 4.32. The van der Waals surface area contributed by atoms with Gasteiger partial charge in [0.2, 0.25) is 0 Å². The maximum Gasteiger partial charge on any atom is 0.179 e. The zero-order valence-electron chi connectivity index (χ0n) is 10.8. The summed E-state index contributed by atoms with van der Waals surface area (Å²) in [5.41, 5.74) is -0.355. The second kappa shape index (κ2) is 5.80. The van der Waals surface area contributed by atoms with E-state index in [1.165, 1.54) is 13.2 Å². The highest BCUT2D eigenvalue weighted by molar-refractivity contribution is 6.32. The molecule has 0 radical (unpaired) electrons. The van der Waals surface area contributed by atoms with Crippen molar-refractivity contribution in [1.82, 2.24) is 0 Å². The van der Waals surface area contributed by atoms with Crippen LogP contribution in [-0.2, 0) is 0 Å². The maximum atomic E-state index is 10.8. The zero-order valence-corrected chi connectivity index (χ0v) is 11.6. The van der Waals surface area contributed by atoms with E-state index in [1.807, 2.05) is 0 Å². The monoisotopic (exact) mass is 284 g/mol. The summed E-state index contributed by atoms with van der Waals surface area (Å²) in [5, 5.41) is 10.6. The molecule has 1 aliphatic carbocycles. The van der Waals surface area contributed by atoms with Gasteiger partial charge in [-0.15, -0.1) is 0 Å². The SMILES string of the molecule is COc1cc(C=O)cc(Cl)c1OCC1(O)CCCC1. The molecule has 0 aromatic heterocycles. The summed E-state index contributed by atoms with van der Waals surface area (Å²) in [6, 6.07) is 3.08. The summed E-state index contributed by atoms with van der Waals surface area (Å²) < 4.78 is 10.8. The Morgan fingerprint density at radius 2 is 2.11 bits per heavy atom. The molecule has 4 nitrogen and oxygen atoms in total. The summed E-state index contributed by atoms with van der Waals surface area (Å²) in [5.74, 6) is 0.770. The van der Waals surface area contributed by atoms with Crippen LogP contribution in [-0.4, -0.2) is 30.7 Å². The van der Waals surface area contributed by atoms with Gasteiger partial charge in [0.25, 0.3) is 0 Å². The first-order chi connectivity index (χ1) is 9.08. The molecule has 1 aromatic carbocycles. The predicted molar refractivity (Wildman–Crippen MR) is 72.3 cm³/mol. The number of aliphatic hydroxyl groups is 1. The van der Waals surface area contributed by atoms with Crippen LogP contribution in [0.1, 0.15) is 36.0 Å². The minimum atomic E-state index is -0.780. The van der Waals surface area contributed by atoms with Gasteiger partial charge in [-0.1, -0.05) is 24.4 Å². The minimum absolute atomic E-state index is 0.184. The smallest absolute Gasteiger partial charge is 0.179 e. The topological polar surface area (TPSA) is 55.8 Å². The average Bonchev–Trinajstić information content (AvgIpc) is 2.83. The van der Waals surface area contributed by atoms with Gasteiger partial charge in [0.1, 0.15) is 12.9 Å². The molecule has 0 unspecified atom stereocenters. The van der Waals surface area contributed by atoms with Crippen molar-refractivity contribution in [3.05, 3.63) is 22.7 Å². The number of methoxy groups -OCH3 is 1. The average molecular weight is 285 g/mol. The minimum Gasteiger partial charge on any atom is -0.493 e. The first-order valence-corrected chi connectivity index (χ1v) is 6.64. The van der Waals surface area contributed by atoms with Gasteiger partial charge in [-0.25, -0.2) is 0 Å². The molecule has 0 bridgehead atoms. The Labute approximate surface area is 117 Å². The van der Waals surface area contributed by atoms with Crippen LogP contribution in [0.15, 0.2) is 12.1 Å². The lowest BCUT2D eigenvalue weighted by molar-refractivity contribution is 0.000764. The van der Waals surface area contributed by atoms with E-state index >= 15 is 0 Å². The number of carbonyl (C=O) groups is 1. The molecule has 19 heavy (non-hydrogen) atoms. The lowest BCUT2D eigenvalue weighted by atomic mass is 10.0. The molecular formula is C14H17ClO4. The van der Waals surface area contributed by atoms with Crippen LogP contribution in [0.25, 0.3) is 0 Å². The van der Waals surface area contributed by atoms with Crippen molar-refractivity contribution in [2.24, 2.45) is 0 Å². The molecule has 2 rings (SSSR count). The van der Waals surface area contributed by atoms with Crippen LogP contribution in [0.3, 0.4) is 0 Å². The number of benzene rings is 1. The fraction of sp³-hybridized carbons (Fsp3) is 0.500. The van der Waals surface area contributed by atoms with Crippen molar-refractivity contribution < 1.29 is 19.4 Å². The second-order valence-corrected chi connectivity index (χ2v) is 5.28. The van der Waals surface area contributed by atoms with Gasteiger partial charge in [-0.3, -0.25) is 4.79 Å². The van der Waals surface area contributed by atoms with Crippen molar-refractivity contribution in [2.75, 3.05) is 13.7 Å². The summed E-state index contributed by atoms with van der Waals surface area (Å²) in [6.07, 6.45) is 4.19. The summed E-state index contributed by atoms with van der Waals surface area (Å²) in [6.45, 7) is 0.184. The first kappa shape index (κ1) is 14.2. The number of aldehydes is 1. The fourth-order valence-corrected chi connectivity index (χ4v) is 2.61. The molecule has 5 heteroatoms. The van der Waals surface area contributed by atoms with E-state index in [9.17, 15) is 9.90 Å². The Bertz CT molecular complexity index is 467. The van der Waals surface area contributed by atoms with Gasteiger partial charge >= 0.3 is 0 Å². The Hall–Kier alpha value is -1.26. The second-order valence-electron chi connectivity index (χ2n) is 4.87. The van der Waals surface area contributed by atoms with Crippen molar-refractivity contribution in [3.63, 3.8) is 0 Å². The molecule has 1 aromatic rings. The number of carbonyl (C=O) groups excluding carboxylic acids is 1. The third-order valence-electron chi connectivity index (χ3n) is 3.41. The Morgan fingerprint density at radius 1 is 1.42 bits per heavy atom. The number of hydrogen-bond donors (Lipinski definition) is 1. The molecule has 1 N–H and O–H groups in total. The molecule has 0 heterocycles. The van der Waals surface area contributed by atoms with Crippen LogP contribution in [0.2, 0.25) is 5.02 Å². The maximum absolute atomic E-state index is 10.8. The van der Waals surface area contributed by atoms with Gasteiger partial charge in [0, 0.05) is 5.56 Å². The van der Waals surface area contributed by atoms with Crippen LogP contribution in [0.5, 0.6) is 11.5 Å². The van der Waals surface area contributed by atoms with Crippen LogP contribution >= 0.6 is 11.6 Å². The first-order valence-electron chi connectivity index (χ1n) is 6.26. The van der Waals surface area contributed by atoms with E-state index in [1.54, 1.807) is 6.07 Å². The molecule has 1 fully saturated rings. The number of hydrogen-bond acceptors (Lipinski definition) is 4. The highest BCUT2D eigenvalue weighted by atomic mass is 35.5. The number of rotatable bonds is 5. The molecule has 0 atom stereocenters. The Balaban J connectivity index is 2.17. The summed E-state index contributed by atoms with van der Waals surface area (Å²) in [7, 11) is 1.48. The van der Waals surface area contributed by atoms with Crippen molar-refractivity contribution in [2.45, 2.75) is 31.3 Å². The largest absolute Gasteiger partial charge is 0.493 e. The van der Waals surface area contributed by atoms with E-state index in [-0.39, 0.29) is 6.61 Å². The predicted octanol–water partition coefficient (Wildman–Crippen LogP) is 2.85. The number of ether oxygens (including phenoxy) is 2. The molecule has 1 aliphatic rings. The van der Waals surface area contributed by atoms with Crippen LogP contribution in [0, 0.1) is 0 Å². The molecule has 0 saturated heterocycles. The third kappa shape index (κ3) is 3.19. The quantitative estimate of drug-likeness (QED) is 0.845. The highest BCUT2D eigenvalue weighted by Crippen LogP contribution is 2.38. The van der Waals surface area contributed by atoms with Gasteiger partial charge in [0.05, 0.1) is 17.7 Å². The molecule has 0 spiro atoms. The molecule has 104 valence electrons. The van der Waals surface area contributed by atoms with E-state index in [4.69, 9.17) is 21.1 Å². The standard InChI is InChI=1S/C14H17ClO4/c1-18-12-7-10(8-16)6-11(15)13(12)19-9-14(17)4-2-3-5-14/h6-8,17H,2-5,9H2,1H3. The van der Waals surface area contributed by atoms with E-state index in [0.717, 1.165) is 25.7 Å². The molecular weight excluding hydrogens is 268 g/mol. The fourth-order valence-electron chi connectivity index (χ4n) is 2.33. The summed E-state index contributed by atoms with van der Waals surface area (Å²) in [4.78, 5) is 10.8. The van der Waals surface area contributed by atoms with Crippen LogP contribution in [0.4, 0.5) is 0 Å². The Morgan fingerprint density at radius 3 is 2.68 bits per heavy atom. The van der Waals surface area contributed by atoms with Crippen molar-refractivity contribution in [1.29, 1.82) is 0 Å². The molecule has 0 amide bonds. The third-order valence-corrected chi connectivity index (χ3v) is 3.69. The molecule has 1 saturated carbocycles. The van der Waals surface area contributed by atoms with Gasteiger partial charge in [-0.2, -0.15) is 0 Å². The van der Waals surface area contributed by atoms with Crippen molar-refractivity contribution in [3.8, 4) is 11.5 Å². The normalized spacial score (nSPS) is 17.2. The number of halogens is 1. The lowest BCUT2D eigenvalue weighted by Crippen LogP contribution is -2.32. The molecule has 0 aliphatic heterocycles. The summed E-state index contributed by atoms with van der Waals surface area (Å²) >= 11 is 6.08. The highest BCUT2D eigenvalue weighted by Gasteiger charge is 2.32. The van der Waals surface area contributed by atoms with Gasteiger partial charge < -0.3 is 14.6 Å². The lowest BCUT2D eigenvalue weighted by Gasteiger charge is -2.23.